The Bertz CT molecular complexity index is 563. The molecule has 0 aliphatic heterocycles. The molecular formula is C12H12IN3O. The van der Waals surface area contributed by atoms with Gasteiger partial charge in [0.1, 0.15) is 5.69 Å². The van der Waals surface area contributed by atoms with E-state index in [0.29, 0.717) is 5.69 Å². The number of amides is 1. The second-order valence-electron chi connectivity index (χ2n) is 3.76. The molecule has 5 heteroatoms. The van der Waals surface area contributed by atoms with Crippen molar-refractivity contribution < 1.29 is 4.79 Å². The van der Waals surface area contributed by atoms with Crippen LogP contribution in [0.1, 0.15) is 16.2 Å². The van der Waals surface area contributed by atoms with E-state index in [-0.39, 0.29) is 5.91 Å². The van der Waals surface area contributed by atoms with Crippen LogP contribution in [0.2, 0.25) is 0 Å². The minimum absolute atomic E-state index is 0.143. The monoisotopic (exact) mass is 341 g/mol. The minimum Gasteiger partial charge on any atom is -0.321 e. The number of hydrogen-bond acceptors (Lipinski definition) is 2. The molecule has 0 saturated carbocycles. The Balaban J connectivity index is 2.20. The molecule has 1 heterocycles. The number of halogens is 1. The molecule has 0 aliphatic carbocycles. The lowest BCUT2D eigenvalue weighted by Crippen LogP contribution is -2.16. The van der Waals surface area contributed by atoms with Gasteiger partial charge < -0.3 is 5.32 Å². The molecular weight excluding hydrogens is 329 g/mol. The molecule has 17 heavy (non-hydrogen) atoms. The van der Waals surface area contributed by atoms with Gasteiger partial charge in [-0.05, 0) is 53.8 Å². The summed E-state index contributed by atoms with van der Waals surface area (Å²) in [5.41, 5.74) is 2.18. The SMILES string of the molecule is Cc1cc(C(=O)Nc2cccc(I)c2)n(C)n1. The summed E-state index contributed by atoms with van der Waals surface area (Å²) in [5, 5.41) is 6.99. The average molecular weight is 341 g/mol. The third kappa shape index (κ3) is 2.85. The molecule has 0 bridgehead atoms. The van der Waals surface area contributed by atoms with E-state index in [1.807, 2.05) is 31.2 Å². The second-order valence-corrected chi connectivity index (χ2v) is 5.00. The molecule has 0 unspecified atom stereocenters. The zero-order valence-electron chi connectivity index (χ0n) is 9.57. The van der Waals surface area contributed by atoms with Crippen molar-refractivity contribution in [3.63, 3.8) is 0 Å². The molecule has 1 amide bonds. The Morgan fingerprint density at radius 3 is 2.76 bits per heavy atom. The minimum atomic E-state index is -0.143. The average Bonchev–Trinajstić information content (AvgIpc) is 2.58. The highest BCUT2D eigenvalue weighted by atomic mass is 127. The van der Waals surface area contributed by atoms with Gasteiger partial charge in [-0.2, -0.15) is 5.10 Å². The summed E-state index contributed by atoms with van der Waals surface area (Å²) in [4.78, 5) is 12.0. The number of carbonyl (C=O) groups is 1. The highest BCUT2D eigenvalue weighted by Gasteiger charge is 2.11. The topological polar surface area (TPSA) is 46.9 Å². The van der Waals surface area contributed by atoms with Crippen molar-refractivity contribution in [1.29, 1.82) is 0 Å². The first-order chi connectivity index (χ1) is 8.06. The Hall–Kier alpha value is -1.37. The lowest BCUT2D eigenvalue weighted by molar-refractivity contribution is 0.101. The van der Waals surface area contributed by atoms with Gasteiger partial charge in [0.2, 0.25) is 0 Å². The molecule has 0 atom stereocenters. The maximum absolute atomic E-state index is 12.0. The van der Waals surface area contributed by atoms with Crippen LogP contribution in [-0.2, 0) is 7.05 Å². The van der Waals surface area contributed by atoms with Crippen molar-refractivity contribution in [2.45, 2.75) is 6.92 Å². The van der Waals surface area contributed by atoms with Crippen LogP contribution in [0, 0.1) is 10.5 Å². The fourth-order valence-electron chi connectivity index (χ4n) is 1.58. The summed E-state index contributed by atoms with van der Waals surface area (Å²) in [6, 6.07) is 9.44. The van der Waals surface area contributed by atoms with Crippen LogP contribution in [0.5, 0.6) is 0 Å². The number of nitrogens with zero attached hydrogens (tertiary/aromatic N) is 2. The van der Waals surface area contributed by atoms with Gasteiger partial charge in [0, 0.05) is 16.3 Å². The molecule has 0 radical (unpaired) electrons. The summed E-state index contributed by atoms with van der Waals surface area (Å²) in [6.45, 7) is 1.86. The standard InChI is InChI=1S/C12H12IN3O/c1-8-6-11(16(2)15-8)12(17)14-10-5-3-4-9(13)7-10/h3-7H,1-2H3,(H,14,17). The van der Waals surface area contributed by atoms with E-state index in [1.54, 1.807) is 17.8 Å². The molecule has 1 N–H and O–H groups in total. The van der Waals surface area contributed by atoms with Gasteiger partial charge in [0.05, 0.1) is 5.69 Å². The van der Waals surface area contributed by atoms with Crippen molar-refractivity contribution in [3.8, 4) is 0 Å². The predicted molar refractivity (Wildman–Crippen MR) is 75.1 cm³/mol. The number of benzene rings is 1. The van der Waals surface area contributed by atoms with Crippen molar-refractivity contribution in [2.75, 3.05) is 5.32 Å². The van der Waals surface area contributed by atoms with Crippen molar-refractivity contribution in [2.24, 2.45) is 7.05 Å². The van der Waals surface area contributed by atoms with Gasteiger partial charge in [0.25, 0.3) is 5.91 Å². The van der Waals surface area contributed by atoms with Crippen LogP contribution in [0.25, 0.3) is 0 Å². The molecule has 88 valence electrons. The fraction of sp³-hybridized carbons (Fsp3) is 0.167. The van der Waals surface area contributed by atoms with E-state index in [4.69, 9.17) is 0 Å². The lowest BCUT2D eigenvalue weighted by atomic mass is 10.3. The Morgan fingerprint density at radius 1 is 1.41 bits per heavy atom. The first-order valence-corrected chi connectivity index (χ1v) is 6.22. The molecule has 0 aliphatic rings. The largest absolute Gasteiger partial charge is 0.321 e. The summed E-state index contributed by atoms with van der Waals surface area (Å²) in [7, 11) is 1.76. The number of aromatic nitrogens is 2. The number of anilines is 1. The zero-order valence-corrected chi connectivity index (χ0v) is 11.7. The van der Waals surface area contributed by atoms with Gasteiger partial charge in [-0.3, -0.25) is 9.48 Å². The van der Waals surface area contributed by atoms with Crippen LogP contribution in [0.3, 0.4) is 0 Å². The molecule has 0 saturated heterocycles. The number of rotatable bonds is 2. The molecule has 0 spiro atoms. The number of aryl methyl sites for hydroxylation is 2. The summed E-state index contributed by atoms with van der Waals surface area (Å²) in [6.07, 6.45) is 0. The van der Waals surface area contributed by atoms with Crippen molar-refractivity contribution >= 4 is 34.2 Å². The number of nitrogens with one attached hydrogen (secondary N) is 1. The Morgan fingerprint density at radius 2 is 2.18 bits per heavy atom. The van der Waals surface area contributed by atoms with Gasteiger partial charge in [-0.1, -0.05) is 6.07 Å². The highest BCUT2D eigenvalue weighted by molar-refractivity contribution is 14.1. The summed E-state index contributed by atoms with van der Waals surface area (Å²) < 4.78 is 2.67. The van der Waals surface area contributed by atoms with Crippen LogP contribution in [0.15, 0.2) is 30.3 Å². The first kappa shape index (κ1) is 12.1. The van der Waals surface area contributed by atoms with Crippen LogP contribution >= 0.6 is 22.6 Å². The Labute approximate surface area is 113 Å². The fourth-order valence-corrected chi connectivity index (χ4v) is 2.13. The maximum Gasteiger partial charge on any atom is 0.273 e. The molecule has 2 aromatic rings. The van der Waals surface area contributed by atoms with Crippen molar-refractivity contribution in [1.82, 2.24) is 9.78 Å². The predicted octanol–water partition coefficient (Wildman–Crippen LogP) is 2.59. The third-order valence-electron chi connectivity index (χ3n) is 2.32. The molecule has 1 aromatic carbocycles. The van der Waals surface area contributed by atoms with E-state index < -0.39 is 0 Å². The van der Waals surface area contributed by atoms with Crippen LogP contribution < -0.4 is 5.32 Å². The van der Waals surface area contributed by atoms with Gasteiger partial charge >= 0.3 is 0 Å². The van der Waals surface area contributed by atoms with E-state index >= 15 is 0 Å². The second kappa shape index (κ2) is 4.87. The quantitative estimate of drug-likeness (QED) is 0.854. The molecule has 1 aromatic heterocycles. The third-order valence-corrected chi connectivity index (χ3v) is 2.99. The van der Waals surface area contributed by atoms with Gasteiger partial charge in [0.15, 0.2) is 0 Å². The normalized spacial score (nSPS) is 10.3. The number of carbonyl (C=O) groups excluding carboxylic acids is 1. The summed E-state index contributed by atoms with van der Waals surface area (Å²) in [5.74, 6) is -0.143. The van der Waals surface area contributed by atoms with Crippen LogP contribution in [-0.4, -0.2) is 15.7 Å². The maximum atomic E-state index is 12.0. The van der Waals surface area contributed by atoms with E-state index in [0.717, 1.165) is 15.0 Å². The van der Waals surface area contributed by atoms with E-state index in [2.05, 4.69) is 33.0 Å². The van der Waals surface area contributed by atoms with E-state index in [1.165, 1.54) is 0 Å². The van der Waals surface area contributed by atoms with Crippen LogP contribution in [0.4, 0.5) is 5.69 Å². The number of hydrogen-bond donors (Lipinski definition) is 1. The first-order valence-electron chi connectivity index (χ1n) is 5.14. The Kier molecular flexibility index (Phi) is 3.46. The highest BCUT2D eigenvalue weighted by Crippen LogP contribution is 2.13. The van der Waals surface area contributed by atoms with Crippen molar-refractivity contribution in [3.05, 3.63) is 45.3 Å². The van der Waals surface area contributed by atoms with E-state index in [9.17, 15) is 4.79 Å². The molecule has 2 rings (SSSR count). The zero-order chi connectivity index (χ0) is 12.4. The molecule has 0 fully saturated rings. The lowest BCUT2D eigenvalue weighted by Gasteiger charge is -2.05. The molecule has 4 nitrogen and oxygen atoms in total. The summed E-state index contributed by atoms with van der Waals surface area (Å²) >= 11 is 2.21. The van der Waals surface area contributed by atoms with Gasteiger partial charge in [-0.15, -0.1) is 0 Å². The smallest absolute Gasteiger partial charge is 0.273 e. The van der Waals surface area contributed by atoms with Gasteiger partial charge in [-0.25, -0.2) is 0 Å².